The van der Waals surface area contributed by atoms with Gasteiger partial charge in [-0.25, -0.2) is 0 Å². The number of rotatable bonds is 4. The second-order valence-corrected chi connectivity index (χ2v) is 5.29. The van der Waals surface area contributed by atoms with Gasteiger partial charge in [0.05, 0.1) is 5.56 Å². The molecule has 1 heterocycles. The quantitative estimate of drug-likeness (QED) is 0.793. The van der Waals surface area contributed by atoms with Crippen LogP contribution in [0.25, 0.3) is 0 Å². The highest BCUT2D eigenvalue weighted by Crippen LogP contribution is 2.21. The number of ether oxygens (including phenoxy) is 1. The molecule has 1 aliphatic rings. The summed E-state index contributed by atoms with van der Waals surface area (Å²) >= 11 is 0. The van der Waals surface area contributed by atoms with E-state index >= 15 is 0 Å². The Kier molecular flexibility index (Phi) is 4.77. The molecular formula is C16H21NO3. The Labute approximate surface area is 119 Å². The molecule has 20 heavy (non-hydrogen) atoms. The molecule has 0 spiro atoms. The molecule has 4 heteroatoms. The summed E-state index contributed by atoms with van der Waals surface area (Å²) in [7, 11) is 0. The third-order valence-corrected chi connectivity index (χ3v) is 3.57. The number of carbonyl (C=O) groups is 2. The van der Waals surface area contributed by atoms with Crippen LogP contribution in [0.4, 0.5) is 0 Å². The fourth-order valence-electron chi connectivity index (χ4n) is 2.42. The summed E-state index contributed by atoms with van der Waals surface area (Å²) in [5.41, 5.74) is 1.54. The molecular weight excluding hydrogens is 254 g/mol. The second kappa shape index (κ2) is 6.55. The summed E-state index contributed by atoms with van der Waals surface area (Å²) < 4.78 is 5.56. The number of nitrogens with zero attached hydrogens (tertiary/aromatic N) is 1. The number of piperidine rings is 1. The van der Waals surface area contributed by atoms with E-state index in [1.807, 2.05) is 17.9 Å². The van der Waals surface area contributed by atoms with E-state index in [1.165, 1.54) is 13.3 Å². The van der Waals surface area contributed by atoms with E-state index in [4.69, 9.17) is 4.74 Å². The van der Waals surface area contributed by atoms with Crippen LogP contribution in [0.5, 0.6) is 5.75 Å². The van der Waals surface area contributed by atoms with Crippen molar-refractivity contribution in [2.45, 2.75) is 33.1 Å². The molecule has 0 radical (unpaired) electrons. The monoisotopic (exact) mass is 275 g/mol. The third-order valence-electron chi connectivity index (χ3n) is 3.57. The molecule has 0 bridgehead atoms. The number of amides is 1. The van der Waals surface area contributed by atoms with Gasteiger partial charge >= 0.3 is 0 Å². The summed E-state index contributed by atoms with van der Waals surface area (Å²) in [5.74, 6) is 0.447. The summed E-state index contributed by atoms with van der Waals surface area (Å²) in [6, 6.07) is 5.44. The van der Waals surface area contributed by atoms with Gasteiger partial charge in [-0.2, -0.15) is 0 Å². The lowest BCUT2D eigenvalue weighted by atomic mass is 10.1. The van der Waals surface area contributed by atoms with Crippen molar-refractivity contribution in [1.29, 1.82) is 0 Å². The average Bonchev–Trinajstić information content (AvgIpc) is 2.46. The van der Waals surface area contributed by atoms with Crippen LogP contribution >= 0.6 is 0 Å². The van der Waals surface area contributed by atoms with Crippen LogP contribution in [-0.2, 0) is 4.79 Å². The third kappa shape index (κ3) is 3.59. The van der Waals surface area contributed by atoms with Crippen molar-refractivity contribution in [2.75, 3.05) is 19.7 Å². The van der Waals surface area contributed by atoms with Crippen molar-refractivity contribution in [1.82, 2.24) is 4.90 Å². The number of aryl methyl sites for hydroxylation is 1. The summed E-state index contributed by atoms with van der Waals surface area (Å²) in [4.78, 5) is 25.5. The van der Waals surface area contributed by atoms with Crippen LogP contribution in [0.15, 0.2) is 18.2 Å². The van der Waals surface area contributed by atoms with Crippen molar-refractivity contribution in [3.05, 3.63) is 29.3 Å². The molecule has 0 aliphatic carbocycles. The van der Waals surface area contributed by atoms with Crippen LogP contribution < -0.4 is 4.74 Å². The lowest BCUT2D eigenvalue weighted by molar-refractivity contribution is -0.134. The molecule has 1 saturated heterocycles. The maximum absolute atomic E-state index is 12.0. The molecule has 1 aliphatic heterocycles. The van der Waals surface area contributed by atoms with Gasteiger partial charge in [0.1, 0.15) is 5.75 Å². The standard InChI is InChI=1S/C16H21NO3/c1-12-6-7-15(14(10-12)13(2)18)20-11-16(19)17-8-4-3-5-9-17/h6-7,10H,3-5,8-9,11H2,1-2H3. The van der Waals surface area contributed by atoms with Crippen LogP contribution in [0.2, 0.25) is 0 Å². The number of likely N-dealkylation sites (tertiary alicyclic amines) is 1. The van der Waals surface area contributed by atoms with Gasteiger partial charge in [-0.05, 0) is 45.2 Å². The van der Waals surface area contributed by atoms with Gasteiger partial charge in [0, 0.05) is 13.1 Å². The van der Waals surface area contributed by atoms with E-state index in [0.717, 1.165) is 31.5 Å². The first-order chi connectivity index (χ1) is 9.58. The minimum atomic E-state index is -0.0471. The molecule has 0 unspecified atom stereocenters. The Balaban J connectivity index is 1.99. The zero-order valence-corrected chi connectivity index (χ0v) is 12.1. The number of ketones is 1. The molecule has 0 aromatic heterocycles. The number of hydrogen-bond donors (Lipinski definition) is 0. The fourth-order valence-corrected chi connectivity index (χ4v) is 2.42. The number of carbonyl (C=O) groups excluding carboxylic acids is 2. The van der Waals surface area contributed by atoms with Crippen LogP contribution in [0.3, 0.4) is 0 Å². The van der Waals surface area contributed by atoms with Crippen molar-refractivity contribution >= 4 is 11.7 Å². The Morgan fingerprint density at radius 3 is 2.55 bits per heavy atom. The Hall–Kier alpha value is -1.84. The van der Waals surface area contributed by atoms with E-state index in [2.05, 4.69) is 0 Å². The van der Waals surface area contributed by atoms with Gasteiger partial charge < -0.3 is 9.64 Å². The van der Waals surface area contributed by atoms with Crippen molar-refractivity contribution < 1.29 is 14.3 Å². The Morgan fingerprint density at radius 1 is 1.20 bits per heavy atom. The highest BCUT2D eigenvalue weighted by Gasteiger charge is 2.17. The van der Waals surface area contributed by atoms with Crippen LogP contribution in [-0.4, -0.2) is 36.3 Å². The molecule has 1 fully saturated rings. The molecule has 108 valence electrons. The predicted molar refractivity (Wildman–Crippen MR) is 77.1 cm³/mol. The zero-order valence-electron chi connectivity index (χ0n) is 12.1. The molecule has 0 N–H and O–H groups in total. The second-order valence-electron chi connectivity index (χ2n) is 5.29. The van der Waals surface area contributed by atoms with Gasteiger partial charge in [0.15, 0.2) is 12.4 Å². The molecule has 4 nitrogen and oxygen atoms in total. The van der Waals surface area contributed by atoms with Gasteiger partial charge in [-0.15, -0.1) is 0 Å². The first kappa shape index (κ1) is 14.6. The minimum absolute atomic E-state index is 0.000206. The fraction of sp³-hybridized carbons (Fsp3) is 0.500. The largest absolute Gasteiger partial charge is 0.483 e. The Bertz CT molecular complexity index is 504. The van der Waals surface area contributed by atoms with E-state index in [0.29, 0.717) is 11.3 Å². The lowest BCUT2D eigenvalue weighted by Crippen LogP contribution is -2.38. The Morgan fingerprint density at radius 2 is 1.90 bits per heavy atom. The molecule has 1 aromatic carbocycles. The smallest absolute Gasteiger partial charge is 0.260 e. The number of Topliss-reactive ketones (excluding diaryl/α,β-unsaturated/α-hetero) is 1. The van der Waals surface area contributed by atoms with E-state index in [9.17, 15) is 9.59 Å². The maximum Gasteiger partial charge on any atom is 0.260 e. The predicted octanol–water partition coefficient (Wildman–Crippen LogP) is 2.59. The maximum atomic E-state index is 12.0. The molecule has 1 aromatic rings. The van der Waals surface area contributed by atoms with Gasteiger partial charge in [-0.3, -0.25) is 9.59 Å². The highest BCUT2D eigenvalue weighted by molar-refractivity contribution is 5.97. The van der Waals surface area contributed by atoms with Gasteiger partial charge in [-0.1, -0.05) is 11.6 Å². The summed E-state index contributed by atoms with van der Waals surface area (Å²) in [6.07, 6.45) is 3.32. The summed E-state index contributed by atoms with van der Waals surface area (Å²) in [5, 5.41) is 0. The summed E-state index contributed by atoms with van der Waals surface area (Å²) in [6.45, 7) is 5.07. The topological polar surface area (TPSA) is 46.6 Å². The zero-order chi connectivity index (χ0) is 14.5. The molecule has 2 rings (SSSR count). The molecule has 0 atom stereocenters. The van der Waals surface area contributed by atoms with Crippen molar-refractivity contribution in [3.63, 3.8) is 0 Å². The van der Waals surface area contributed by atoms with Crippen molar-refractivity contribution in [2.24, 2.45) is 0 Å². The molecule has 1 amide bonds. The highest BCUT2D eigenvalue weighted by atomic mass is 16.5. The van der Waals surface area contributed by atoms with E-state index < -0.39 is 0 Å². The van der Waals surface area contributed by atoms with Crippen molar-refractivity contribution in [3.8, 4) is 5.75 Å². The van der Waals surface area contributed by atoms with Crippen LogP contribution in [0.1, 0.15) is 42.1 Å². The normalized spacial score (nSPS) is 15.0. The first-order valence-electron chi connectivity index (χ1n) is 7.10. The molecule has 0 saturated carbocycles. The van der Waals surface area contributed by atoms with Crippen LogP contribution in [0, 0.1) is 6.92 Å². The van der Waals surface area contributed by atoms with Gasteiger partial charge in [0.25, 0.3) is 5.91 Å². The van der Waals surface area contributed by atoms with Gasteiger partial charge in [0.2, 0.25) is 0 Å². The number of hydrogen-bond acceptors (Lipinski definition) is 3. The van der Waals surface area contributed by atoms with E-state index in [-0.39, 0.29) is 18.3 Å². The lowest BCUT2D eigenvalue weighted by Gasteiger charge is -2.26. The first-order valence-corrected chi connectivity index (χ1v) is 7.10. The van der Waals surface area contributed by atoms with E-state index in [1.54, 1.807) is 12.1 Å². The minimum Gasteiger partial charge on any atom is -0.483 e. The average molecular weight is 275 g/mol. The SMILES string of the molecule is CC(=O)c1cc(C)ccc1OCC(=O)N1CCCCC1. The number of benzene rings is 1.